The van der Waals surface area contributed by atoms with Gasteiger partial charge in [0.15, 0.2) is 0 Å². The van der Waals surface area contributed by atoms with Crippen LogP contribution >= 0.6 is 0 Å². The van der Waals surface area contributed by atoms with E-state index in [0.717, 1.165) is 38.5 Å². The molecule has 2 aliphatic heterocycles. The van der Waals surface area contributed by atoms with Gasteiger partial charge in [-0.3, -0.25) is 0 Å². The lowest BCUT2D eigenvalue weighted by molar-refractivity contribution is -0.283. The van der Waals surface area contributed by atoms with Crippen molar-refractivity contribution >= 4 is 0 Å². The Bertz CT molecular complexity index is 892. The van der Waals surface area contributed by atoms with Crippen molar-refractivity contribution in [2.75, 3.05) is 0 Å². The van der Waals surface area contributed by atoms with E-state index in [9.17, 15) is 0 Å². The molecule has 2 saturated heterocycles. The van der Waals surface area contributed by atoms with Crippen LogP contribution in [-0.2, 0) is 19.6 Å². The molecule has 0 amide bonds. The molecule has 252 valence electrons. The summed E-state index contributed by atoms with van der Waals surface area (Å²) in [5.41, 5.74) is 0.844. The standard InChI is InChI=1S/C39H72O4/c1-15-19-31(5,6)29-27-36(40-41-36)23-25-38(29,33(9,10)21-17-3)35(13,14)39(34(11,12)22-18-4)26-24-37(42-43-37)28-30(39)32(7,8)20-16-2/h29-30H,15-28H2,1-14H3. The minimum absolute atomic E-state index is 0.0235. The minimum atomic E-state index is -0.364. The van der Waals surface area contributed by atoms with E-state index in [1.807, 2.05) is 0 Å². The molecule has 43 heavy (non-hydrogen) atoms. The van der Waals surface area contributed by atoms with Crippen molar-refractivity contribution in [3.63, 3.8) is 0 Å². The lowest BCUT2D eigenvalue weighted by Gasteiger charge is -2.75. The molecule has 0 aromatic carbocycles. The largest absolute Gasteiger partial charge is 0.234 e. The van der Waals surface area contributed by atoms with Gasteiger partial charge in [0.25, 0.3) is 0 Å². The third kappa shape index (κ3) is 5.50. The Labute approximate surface area is 267 Å². The summed E-state index contributed by atoms with van der Waals surface area (Å²) < 4.78 is 0. The second-order valence-electron chi connectivity index (χ2n) is 19.0. The maximum atomic E-state index is 5.91. The fourth-order valence-electron chi connectivity index (χ4n) is 13.1. The van der Waals surface area contributed by atoms with E-state index in [4.69, 9.17) is 19.6 Å². The lowest BCUT2D eigenvalue weighted by atomic mass is 9.28. The Kier molecular flexibility index (Phi) is 9.56. The smallest absolute Gasteiger partial charge is 0.195 e. The maximum absolute atomic E-state index is 5.91. The number of rotatable bonds is 14. The molecule has 0 radical (unpaired) electrons. The summed E-state index contributed by atoms with van der Waals surface area (Å²) in [4.78, 5) is 23.6. The average molecular weight is 605 g/mol. The molecule has 4 nitrogen and oxygen atoms in total. The third-order valence-corrected chi connectivity index (χ3v) is 14.7. The van der Waals surface area contributed by atoms with Gasteiger partial charge >= 0.3 is 0 Å². The van der Waals surface area contributed by atoms with Crippen LogP contribution < -0.4 is 0 Å². The molecule has 2 saturated carbocycles. The first-order valence-electron chi connectivity index (χ1n) is 18.5. The molecule has 2 heterocycles. The third-order valence-electron chi connectivity index (χ3n) is 14.7. The Morgan fingerprint density at radius 2 is 0.767 bits per heavy atom. The van der Waals surface area contributed by atoms with E-state index in [1.54, 1.807) is 0 Å². The molecule has 0 aromatic heterocycles. The van der Waals surface area contributed by atoms with E-state index < -0.39 is 0 Å². The highest BCUT2D eigenvalue weighted by atomic mass is 17.4. The zero-order valence-corrected chi connectivity index (χ0v) is 31.2. The molecule has 4 atom stereocenters. The Morgan fingerprint density at radius 1 is 0.465 bits per heavy atom. The van der Waals surface area contributed by atoms with Crippen LogP contribution in [0.5, 0.6) is 0 Å². The normalized spacial score (nSPS) is 32.8. The van der Waals surface area contributed by atoms with Crippen molar-refractivity contribution in [3.8, 4) is 0 Å². The summed E-state index contributed by atoms with van der Waals surface area (Å²) in [6.45, 7) is 36.1. The average Bonchev–Trinajstić information content (AvgIpc) is 3.82. The van der Waals surface area contributed by atoms with Crippen LogP contribution in [0.2, 0.25) is 0 Å². The first kappa shape index (κ1) is 35.7. The second-order valence-corrected chi connectivity index (χ2v) is 19.0. The Hall–Kier alpha value is -0.160. The maximum Gasteiger partial charge on any atom is 0.234 e. The van der Waals surface area contributed by atoms with Crippen molar-refractivity contribution in [3.05, 3.63) is 0 Å². The van der Waals surface area contributed by atoms with Gasteiger partial charge in [0.1, 0.15) is 0 Å². The SMILES string of the molecule is CCCC(C)(C)C1CC2(CCC1(C(C)(C)CCC)C(C)(C)C1(C(C)(C)CCC)CCC3(CC1C(C)(C)CCC)OO3)OO2. The summed E-state index contributed by atoms with van der Waals surface area (Å²) in [7, 11) is 0. The van der Waals surface area contributed by atoms with E-state index in [0.29, 0.717) is 11.8 Å². The van der Waals surface area contributed by atoms with E-state index in [1.165, 1.54) is 51.4 Å². The molecule has 0 bridgehead atoms. The number of hydrogen-bond donors (Lipinski definition) is 0. The number of hydrogen-bond acceptors (Lipinski definition) is 4. The highest BCUT2D eigenvalue weighted by Gasteiger charge is 2.77. The van der Waals surface area contributed by atoms with Gasteiger partial charge in [0, 0.05) is 25.7 Å². The summed E-state index contributed by atoms with van der Waals surface area (Å²) in [5, 5.41) is 0. The van der Waals surface area contributed by atoms with Crippen molar-refractivity contribution in [1.82, 2.24) is 0 Å². The van der Waals surface area contributed by atoms with Gasteiger partial charge in [-0.2, -0.15) is 19.6 Å². The summed E-state index contributed by atoms with van der Waals surface area (Å²) in [6, 6.07) is 0. The zero-order valence-electron chi connectivity index (χ0n) is 31.2. The van der Waals surface area contributed by atoms with Crippen molar-refractivity contribution in [2.24, 2.45) is 49.7 Å². The van der Waals surface area contributed by atoms with Crippen molar-refractivity contribution < 1.29 is 19.6 Å². The van der Waals surface area contributed by atoms with Gasteiger partial charge in [-0.15, -0.1) is 0 Å². The molecule has 2 aliphatic carbocycles. The molecule has 4 aliphatic rings. The van der Waals surface area contributed by atoms with Gasteiger partial charge in [0.2, 0.25) is 11.6 Å². The molecule has 4 fully saturated rings. The molecule has 4 unspecified atom stereocenters. The van der Waals surface area contributed by atoms with Crippen molar-refractivity contribution in [2.45, 2.75) is 198 Å². The summed E-state index contributed by atoms with van der Waals surface area (Å²) >= 11 is 0. The lowest BCUT2D eigenvalue weighted by Crippen LogP contribution is -2.70. The van der Waals surface area contributed by atoms with Crippen LogP contribution in [0.3, 0.4) is 0 Å². The van der Waals surface area contributed by atoms with Crippen LogP contribution in [0.4, 0.5) is 0 Å². The second kappa shape index (κ2) is 11.5. The predicted octanol–water partition coefficient (Wildman–Crippen LogP) is 12.2. The predicted molar refractivity (Wildman–Crippen MR) is 178 cm³/mol. The highest BCUT2D eigenvalue weighted by molar-refractivity contribution is 5.22. The van der Waals surface area contributed by atoms with Gasteiger partial charge in [0.05, 0.1) is 0 Å². The topological polar surface area (TPSA) is 50.1 Å². The van der Waals surface area contributed by atoms with E-state index in [-0.39, 0.29) is 49.5 Å². The van der Waals surface area contributed by atoms with Crippen LogP contribution in [0.1, 0.15) is 187 Å². The van der Waals surface area contributed by atoms with Crippen LogP contribution in [-0.4, -0.2) is 11.6 Å². The monoisotopic (exact) mass is 605 g/mol. The van der Waals surface area contributed by atoms with Crippen LogP contribution in [0, 0.1) is 49.7 Å². The quantitative estimate of drug-likeness (QED) is 0.146. The Balaban J connectivity index is 2.07. The first-order valence-corrected chi connectivity index (χ1v) is 18.5. The fraction of sp³-hybridized carbons (Fsp3) is 1.00. The molecular weight excluding hydrogens is 532 g/mol. The minimum Gasteiger partial charge on any atom is -0.195 e. The summed E-state index contributed by atoms with van der Waals surface area (Å²) in [5.74, 6) is 0.246. The first-order chi connectivity index (χ1) is 19.7. The molecule has 0 N–H and O–H groups in total. The van der Waals surface area contributed by atoms with Gasteiger partial charge < -0.3 is 0 Å². The summed E-state index contributed by atoms with van der Waals surface area (Å²) in [6.07, 6.45) is 16.1. The van der Waals surface area contributed by atoms with Crippen molar-refractivity contribution in [1.29, 1.82) is 0 Å². The van der Waals surface area contributed by atoms with Crippen LogP contribution in [0.25, 0.3) is 0 Å². The van der Waals surface area contributed by atoms with E-state index in [2.05, 4.69) is 96.9 Å². The molecule has 4 rings (SSSR count). The van der Waals surface area contributed by atoms with Gasteiger partial charge in [-0.1, -0.05) is 123 Å². The van der Waals surface area contributed by atoms with Crippen LogP contribution in [0.15, 0.2) is 0 Å². The highest BCUT2D eigenvalue weighted by Crippen LogP contribution is 2.81. The van der Waals surface area contributed by atoms with Gasteiger partial charge in [-0.05, 0) is 88.3 Å². The molecule has 4 heteroatoms. The van der Waals surface area contributed by atoms with E-state index >= 15 is 0 Å². The Morgan fingerprint density at radius 3 is 1.02 bits per heavy atom. The zero-order chi connectivity index (χ0) is 32.4. The van der Waals surface area contributed by atoms with Gasteiger partial charge in [-0.25, -0.2) is 0 Å². The molecular formula is C39H72O4. The molecule has 2 spiro atoms. The molecule has 0 aromatic rings. The fourth-order valence-corrected chi connectivity index (χ4v) is 13.1.